The molecule has 0 bridgehead atoms. The Labute approximate surface area is 111 Å². The van der Waals surface area contributed by atoms with E-state index in [9.17, 15) is 9.90 Å². The van der Waals surface area contributed by atoms with Gasteiger partial charge in [-0.1, -0.05) is 13.8 Å². The van der Waals surface area contributed by atoms with Gasteiger partial charge >= 0.3 is 0 Å². The molecule has 1 aromatic rings. The third-order valence-electron chi connectivity index (χ3n) is 3.17. The van der Waals surface area contributed by atoms with Gasteiger partial charge in [-0.25, -0.2) is 4.98 Å². The molecule has 1 unspecified atom stereocenters. The highest BCUT2D eigenvalue weighted by Crippen LogP contribution is 2.40. The van der Waals surface area contributed by atoms with Crippen LogP contribution in [-0.2, 0) is 11.3 Å². The zero-order valence-electron chi connectivity index (χ0n) is 10.8. The molecule has 1 aliphatic rings. The minimum atomic E-state index is -0.566. The van der Waals surface area contributed by atoms with E-state index in [0.717, 1.165) is 5.01 Å². The Kier molecular flexibility index (Phi) is 4.35. The molecule has 0 radical (unpaired) electrons. The van der Waals surface area contributed by atoms with Crippen LogP contribution in [0.25, 0.3) is 0 Å². The number of aliphatic hydroxyl groups is 1. The molecule has 4 nitrogen and oxygen atoms in total. The van der Waals surface area contributed by atoms with Gasteiger partial charge in [0.25, 0.3) is 0 Å². The molecule has 2 N–H and O–H groups in total. The predicted molar refractivity (Wildman–Crippen MR) is 71.4 cm³/mol. The smallest absolute Gasteiger partial charge is 0.222 e. The number of nitrogens with zero attached hydrogens (tertiary/aromatic N) is 1. The summed E-state index contributed by atoms with van der Waals surface area (Å²) in [5, 5.41) is 15.4. The van der Waals surface area contributed by atoms with Gasteiger partial charge in [-0.05, 0) is 18.8 Å². The maximum absolute atomic E-state index is 11.6. The largest absolute Gasteiger partial charge is 0.392 e. The van der Waals surface area contributed by atoms with Crippen molar-refractivity contribution in [3.05, 3.63) is 16.1 Å². The summed E-state index contributed by atoms with van der Waals surface area (Å²) in [7, 11) is 0. The van der Waals surface area contributed by atoms with Crippen molar-refractivity contribution in [3.8, 4) is 0 Å². The van der Waals surface area contributed by atoms with Crippen LogP contribution in [0.15, 0.2) is 5.38 Å². The number of aromatic nitrogens is 1. The molecular formula is C13H20N2O2S. The number of hydrogen-bond donors (Lipinski definition) is 2. The maximum atomic E-state index is 11.6. The Morgan fingerprint density at radius 3 is 2.94 bits per heavy atom. The number of thiazole rings is 1. The third-order valence-corrected chi connectivity index (χ3v) is 4.03. The van der Waals surface area contributed by atoms with Gasteiger partial charge in [0, 0.05) is 11.3 Å². The number of amides is 1. The van der Waals surface area contributed by atoms with Crippen molar-refractivity contribution in [2.75, 3.05) is 0 Å². The molecule has 1 aliphatic carbocycles. The molecule has 2 rings (SSSR count). The predicted octanol–water partition coefficient (Wildman–Crippen LogP) is 2.04. The quantitative estimate of drug-likeness (QED) is 0.830. The van der Waals surface area contributed by atoms with Gasteiger partial charge in [0.2, 0.25) is 5.91 Å². The molecule has 0 aromatic carbocycles. The van der Waals surface area contributed by atoms with Crippen molar-refractivity contribution in [2.24, 2.45) is 5.92 Å². The van der Waals surface area contributed by atoms with Gasteiger partial charge in [0.15, 0.2) is 0 Å². The van der Waals surface area contributed by atoms with Gasteiger partial charge in [-0.15, -0.1) is 11.3 Å². The van der Waals surface area contributed by atoms with Gasteiger partial charge in [-0.2, -0.15) is 0 Å². The Hall–Kier alpha value is -0.940. The normalized spacial score (nSPS) is 16.9. The molecule has 0 saturated heterocycles. The highest BCUT2D eigenvalue weighted by molar-refractivity contribution is 7.09. The SMILES string of the molecule is CC(C)C(O)CC(=O)NCc1nc(C2CC2)cs1. The van der Waals surface area contributed by atoms with Crippen LogP contribution in [0.5, 0.6) is 0 Å². The molecule has 0 aliphatic heterocycles. The van der Waals surface area contributed by atoms with Crippen LogP contribution >= 0.6 is 11.3 Å². The van der Waals surface area contributed by atoms with Gasteiger partial charge in [-0.3, -0.25) is 4.79 Å². The first kappa shape index (κ1) is 13.5. The van der Waals surface area contributed by atoms with E-state index in [4.69, 9.17) is 0 Å². The third kappa shape index (κ3) is 3.78. The van der Waals surface area contributed by atoms with Crippen LogP contribution < -0.4 is 5.32 Å². The molecule has 5 heteroatoms. The fraction of sp³-hybridized carbons (Fsp3) is 0.692. The summed E-state index contributed by atoms with van der Waals surface area (Å²) < 4.78 is 0. The summed E-state index contributed by atoms with van der Waals surface area (Å²) in [4.78, 5) is 16.1. The first-order chi connectivity index (χ1) is 8.56. The zero-order valence-corrected chi connectivity index (χ0v) is 11.7. The lowest BCUT2D eigenvalue weighted by Crippen LogP contribution is -2.29. The number of hydrogen-bond acceptors (Lipinski definition) is 4. The van der Waals surface area contributed by atoms with Crippen LogP contribution in [0.1, 0.15) is 49.7 Å². The summed E-state index contributed by atoms with van der Waals surface area (Å²) in [5.74, 6) is 0.657. The first-order valence-corrected chi connectivity index (χ1v) is 7.33. The maximum Gasteiger partial charge on any atom is 0.222 e. The molecule has 1 saturated carbocycles. The first-order valence-electron chi connectivity index (χ1n) is 6.45. The van der Waals surface area contributed by atoms with Crippen molar-refractivity contribution >= 4 is 17.2 Å². The molecule has 1 amide bonds. The zero-order chi connectivity index (χ0) is 13.1. The van der Waals surface area contributed by atoms with Crippen molar-refractivity contribution in [1.29, 1.82) is 0 Å². The minimum absolute atomic E-state index is 0.108. The van der Waals surface area contributed by atoms with Crippen LogP contribution in [0.4, 0.5) is 0 Å². The Balaban J connectivity index is 1.74. The van der Waals surface area contributed by atoms with Crippen molar-refractivity contribution in [3.63, 3.8) is 0 Å². The highest BCUT2D eigenvalue weighted by Gasteiger charge is 2.26. The minimum Gasteiger partial charge on any atom is -0.392 e. The van der Waals surface area contributed by atoms with Gasteiger partial charge < -0.3 is 10.4 Å². The van der Waals surface area contributed by atoms with E-state index >= 15 is 0 Å². The summed E-state index contributed by atoms with van der Waals surface area (Å²) in [6.45, 7) is 4.28. The molecule has 1 heterocycles. The van der Waals surface area contributed by atoms with E-state index in [1.807, 2.05) is 13.8 Å². The van der Waals surface area contributed by atoms with E-state index in [1.54, 1.807) is 11.3 Å². The number of carbonyl (C=O) groups is 1. The molecule has 1 fully saturated rings. The van der Waals surface area contributed by atoms with Crippen LogP contribution in [0.2, 0.25) is 0 Å². The van der Waals surface area contributed by atoms with Crippen molar-refractivity contribution in [2.45, 2.75) is 51.7 Å². The Morgan fingerprint density at radius 1 is 1.61 bits per heavy atom. The number of aliphatic hydroxyl groups excluding tert-OH is 1. The molecule has 100 valence electrons. The average molecular weight is 268 g/mol. The van der Waals surface area contributed by atoms with Crippen LogP contribution in [0, 0.1) is 5.92 Å². The van der Waals surface area contributed by atoms with Crippen LogP contribution in [0.3, 0.4) is 0 Å². The lowest BCUT2D eigenvalue weighted by Gasteiger charge is -2.13. The second-order valence-electron chi connectivity index (χ2n) is 5.23. The van der Waals surface area contributed by atoms with E-state index in [1.165, 1.54) is 18.5 Å². The summed E-state index contributed by atoms with van der Waals surface area (Å²) in [6.07, 6.45) is 2.09. The van der Waals surface area contributed by atoms with Crippen molar-refractivity contribution < 1.29 is 9.90 Å². The monoisotopic (exact) mass is 268 g/mol. The van der Waals surface area contributed by atoms with Gasteiger partial charge in [0.1, 0.15) is 5.01 Å². The molecule has 18 heavy (non-hydrogen) atoms. The molecule has 1 atom stereocenters. The second kappa shape index (κ2) is 5.80. The Bertz CT molecular complexity index is 413. The second-order valence-corrected chi connectivity index (χ2v) is 6.18. The molecule has 1 aromatic heterocycles. The lowest BCUT2D eigenvalue weighted by molar-refractivity contribution is -0.123. The van der Waals surface area contributed by atoms with E-state index in [0.29, 0.717) is 12.5 Å². The number of rotatable bonds is 6. The highest BCUT2D eigenvalue weighted by atomic mass is 32.1. The summed E-state index contributed by atoms with van der Waals surface area (Å²) in [5.41, 5.74) is 1.17. The summed E-state index contributed by atoms with van der Waals surface area (Å²) in [6, 6.07) is 0. The molecule has 0 spiro atoms. The van der Waals surface area contributed by atoms with E-state index < -0.39 is 6.10 Å². The topological polar surface area (TPSA) is 62.2 Å². The standard InChI is InChI=1S/C13H20N2O2S/c1-8(2)11(16)5-12(17)14-6-13-15-10(7-18-13)9-3-4-9/h7-9,11,16H,3-6H2,1-2H3,(H,14,17). The average Bonchev–Trinajstić information content (AvgIpc) is 3.06. The molecular weight excluding hydrogens is 248 g/mol. The van der Waals surface area contributed by atoms with Crippen molar-refractivity contribution in [1.82, 2.24) is 10.3 Å². The summed E-state index contributed by atoms with van der Waals surface area (Å²) >= 11 is 1.60. The number of nitrogens with one attached hydrogen (secondary N) is 1. The Morgan fingerprint density at radius 2 is 2.33 bits per heavy atom. The van der Waals surface area contributed by atoms with E-state index in [-0.39, 0.29) is 18.2 Å². The fourth-order valence-electron chi connectivity index (χ4n) is 1.64. The number of carbonyl (C=O) groups excluding carboxylic acids is 1. The van der Waals surface area contributed by atoms with Gasteiger partial charge in [0.05, 0.1) is 24.8 Å². The lowest BCUT2D eigenvalue weighted by atomic mass is 10.0. The van der Waals surface area contributed by atoms with Crippen LogP contribution in [-0.4, -0.2) is 22.1 Å². The fourth-order valence-corrected chi connectivity index (χ4v) is 2.46. The van der Waals surface area contributed by atoms with E-state index in [2.05, 4.69) is 15.7 Å².